The van der Waals surface area contributed by atoms with E-state index in [1.165, 1.54) is 16.8 Å². The summed E-state index contributed by atoms with van der Waals surface area (Å²) in [7, 11) is 0. The minimum Gasteiger partial charge on any atom is -0.481 e. The lowest BCUT2D eigenvalue weighted by Gasteiger charge is -2.04. The Morgan fingerprint density at radius 3 is 3.00 bits per heavy atom. The molecule has 1 rings (SSSR count). The molecule has 88 valence electrons. The second kappa shape index (κ2) is 6.06. The number of aromatic nitrogens is 1. The Hall–Kier alpha value is -1.63. The number of rotatable bonds is 6. The van der Waals surface area contributed by atoms with Crippen molar-refractivity contribution in [1.29, 1.82) is 0 Å². The molecule has 0 spiro atoms. The van der Waals surface area contributed by atoms with E-state index in [-0.39, 0.29) is 25.3 Å². The van der Waals surface area contributed by atoms with Gasteiger partial charge in [-0.15, -0.1) is 11.3 Å². The molecule has 6 nitrogen and oxygen atoms in total. The molecule has 0 saturated carbocycles. The summed E-state index contributed by atoms with van der Waals surface area (Å²) in [6, 6.07) is 0. The number of aliphatic carboxylic acids is 1. The van der Waals surface area contributed by atoms with E-state index in [1.54, 1.807) is 6.92 Å². The van der Waals surface area contributed by atoms with Crippen molar-refractivity contribution >= 4 is 28.3 Å². The van der Waals surface area contributed by atoms with Crippen LogP contribution >= 0.6 is 11.3 Å². The molecule has 0 bridgehead atoms. The summed E-state index contributed by atoms with van der Waals surface area (Å²) in [5.41, 5.74) is 1.72. The van der Waals surface area contributed by atoms with Crippen molar-refractivity contribution in [3.63, 3.8) is 0 Å². The maximum atomic E-state index is 11.4. The summed E-state index contributed by atoms with van der Waals surface area (Å²) in [5.74, 6) is -1.39. The van der Waals surface area contributed by atoms with E-state index in [4.69, 9.17) is 9.84 Å². The van der Waals surface area contributed by atoms with Gasteiger partial charge in [0.2, 0.25) is 0 Å². The van der Waals surface area contributed by atoms with E-state index in [0.717, 1.165) is 0 Å². The Morgan fingerprint density at radius 1 is 1.62 bits per heavy atom. The van der Waals surface area contributed by atoms with Crippen LogP contribution in [0, 0.1) is 0 Å². The summed E-state index contributed by atoms with van der Waals surface area (Å²) >= 11 is 1.24. The molecule has 16 heavy (non-hydrogen) atoms. The number of nitrogens with one attached hydrogen (secondary N) is 1. The highest BCUT2D eigenvalue weighted by atomic mass is 32.1. The zero-order chi connectivity index (χ0) is 12.0. The van der Waals surface area contributed by atoms with E-state index >= 15 is 0 Å². The average molecular weight is 244 g/mol. The van der Waals surface area contributed by atoms with Gasteiger partial charge in [-0.2, -0.15) is 0 Å². The first kappa shape index (κ1) is 12.4. The van der Waals surface area contributed by atoms with Gasteiger partial charge in [-0.3, -0.25) is 4.79 Å². The van der Waals surface area contributed by atoms with Crippen LogP contribution in [0.3, 0.4) is 0 Å². The van der Waals surface area contributed by atoms with Crippen molar-refractivity contribution in [2.75, 3.05) is 18.5 Å². The summed E-state index contributed by atoms with van der Waals surface area (Å²) in [6.45, 7) is 2.25. The van der Waals surface area contributed by atoms with Gasteiger partial charge in [0.25, 0.3) is 0 Å². The van der Waals surface area contributed by atoms with Gasteiger partial charge in [0.15, 0.2) is 5.69 Å². The second-order valence-electron chi connectivity index (χ2n) is 2.82. The number of carboxylic acid groups (broad SMARTS) is 1. The number of ether oxygens (including phenoxy) is 1. The first-order valence-electron chi connectivity index (χ1n) is 4.71. The summed E-state index contributed by atoms with van der Waals surface area (Å²) in [5, 5.41) is 11.8. The molecule has 0 radical (unpaired) electrons. The van der Waals surface area contributed by atoms with Crippen LogP contribution in [0.4, 0.5) is 5.00 Å². The minimum absolute atomic E-state index is 0.0137. The van der Waals surface area contributed by atoms with E-state index < -0.39 is 11.9 Å². The molecule has 0 aliphatic heterocycles. The smallest absolute Gasteiger partial charge is 0.360 e. The van der Waals surface area contributed by atoms with E-state index in [2.05, 4.69) is 10.3 Å². The predicted octanol–water partition coefficient (Wildman–Crippen LogP) is 1.21. The summed E-state index contributed by atoms with van der Waals surface area (Å²) < 4.78 is 4.80. The number of carbonyl (C=O) groups is 2. The third-order valence-corrected chi connectivity index (χ3v) is 2.44. The van der Waals surface area contributed by atoms with Crippen molar-refractivity contribution in [3.05, 3.63) is 11.2 Å². The Kier molecular flexibility index (Phi) is 4.71. The number of nitrogens with zero attached hydrogens (tertiary/aromatic N) is 1. The van der Waals surface area contributed by atoms with Crippen molar-refractivity contribution in [3.8, 4) is 0 Å². The highest BCUT2D eigenvalue weighted by Gasteiger charge is 2.15. The molecule has 0 saturated heterocycles. The van der Waals surface area contributed by atoms with Gasteiger partial charge >= 0.3 is 11.9 Å². The molecule has 1 aromatic rings. The molecule has 0 atom stereocenters. The van der Waals surface area contributed by atoms with Crippen molar-refractivity contribution in [1.82, 2.24) is 4.98 Å². The quantitative estimate of drug-likeness (QED) is 0.731. The van der Waals surface area contributed by atoms with E-state index in [9.17, 15) is 9.59 Å². The Morgan fingerprint density at radius 2 is 2.38 bits per heavy atom. The Balaban J connectivity index is 2.56. The second-order valence-corrected chi connectivity index (χ2v) is 3.68. The monoisotopic (exact) mass is 244 g/mol. The Bertz CT molecular complexity index is 377. The number of carboxylic acids is 1. The normalized spacial score (nSPS) is 9.81. The van der Waals surface area contributed by atoms with Gasteiger partial charge in [-0.05, 0) is 6.92 Å². The summed E-state index contributed by atoms with van der Waals surface area (Å²) in [6.07, 6.45) is -0.0137. The van der Waals surface area contributed by atoms with Crippen LogP contribution in [0.1, 0.15) is 23.8 Å². The molecule has 0 aliphatic carbocycles. The lowest BCUT2D eigenvalue weighted by Crippen LogP contribution is -2.11. The largest absolute Gasteiger partial charge is 0.481 e. The zero-order valence-electron chi connectivity index (χ0n) is 8.73. The molecule has 0 unspecified atom stereocenters. The third-order valence-electron chi connectivity index (χ3n) is 1.66. The van der Waals surface area contributed by atoms with E-state index in [1.807, 2.05) is 0 Å². The van der Waals surface area contributed by atoms with Gasteiger partial charge < -0.3 is 15.2 Å². The van der Waals surface area contributed by atoms with Gasteiger partial charge in [0.05, 0.1) is 18.5 Å². The average Bonchev–Trinajstić information content (AvgIpc) is 2.66. The lowest BCUT2D eigenvalue weighted by atomic mass is 10.4. The number of thiazole rings is 1. The zero-order valence-corrected chi connectivity index (χ0v) is 9.54. The maximum absolute atomic E-state index is 11.4. The van der Waals surface area contributed by atoms with Crippen LogP contribution in [-0.2, 0) is 9.53 Å². The van der Waals surface area contributed by atoms with Crippen LogP contribution in [0.25, 0.3) is 0 Å². The van der Waals surface area contributed by atoms with Crippen LogP contribution in [-0.4, -0.2) is 35.2 Å². The molecule has 0 aromatic carbocycles. The SMILES string of the molecule is CCOC(=O)c1ncsc1NCCC(=O)O. The number of hydrogen-bond acceptors (Lipinski definition) is 6. The van der Waals surface area contributed by atoms with Gasteiger partial charge in [-0.1, -0.05) is 0 Å². The van der Waals surface area contributed by atoms with Crippen molar-refractivity contribution < 1.29 is 19.4 Å². The number of carbonyl (C=O) groups excluding carboxylic acids is 1. The van der Waals surface area contributed by atoms with E-state index in [0.29, 0.717) is 5.00 Å². The van der Waals surface area contributed by atoms with Crippen LogP contribution in [0.2, 0.25) is 0 Å². The number of hydrogen-bond donors (Lipinski definition) is 2. The fourth-order valence-electron chi connectivity index (χ4n) is 0.999. The molecule has 0 amide bonds. The van der Waals surface area contributed by atoms with Gasteiger partial charge in [-0.25, -0.2) is 9.78 Å². The maximum Gasteiger partial charge on any atom is 0.360 e. The van der Waals surface area contributed by atoms with Gasteiger partial charge in [0, 0.05) is 6.54 Å². The third kappa shape index (κ3) is 3.50. The van der Waals surface area contributed by atoms with Crippen LogP contribution in [0.15, 0.2) is 5.51 Å². The molecule has 0 aliphatic rings. The molecule has 7 heteroatoms. The number of anilines is 1. The predicted molar refractivity (Wildman–Crippen MR) is 58.8 cm³/mol. The van der Waals surface area contributed by atoms with Gasteiger partial charge in [0.1, 0.15) is 5.00 Å². The Labute approximate surface area is 96.3 Å². The van der Waals surface area contributed by atoms with Crippen LogP contribution in [0.5, 0.6) is 0 Å². The lowest BCUT2D eigenvalue weighted by molar-refractivity contribution is -0.136. The molecule has 2 N–H and O–H groups in total. The fourth-order valence-corrected chi connectivity index (χ4v) is 1.70. The first-order valence-corrected chi connectivity index (χ1v) is 5.59. The minimum atomic E-state index is -0.894. The highest BCUT2D eigenvalue weighted by Crippen LogP contribution is 2.20. The molecule has 1 heterocycles. The topological polar surface area (TPSA) is 88.5 Å². The number of esters is 1. The first-order chi connectivity index (χ1) is 7.65. The molecular formula is C9H12N2O4S. The highest BCUT2D eigenvalue weighted by molar-refractivity contribution is 7.14. The molecule has 1 aromatic heterocycles. The van der Waals surface area contributed by atoms with Crippen LogP contribution < -0.4 is 5.32 Å². The standard InChI is InChI=1S/C9H12N2O4S/c1-2-15-9(14)7-8(16-5-11-7)10-4-3-6(12)13/h5,10H,2-4H2,1H3,(H,12,13). The fraction of sp³-hybridized carbons (Fsp3) is 0.444. The van der Waals surface area contributed by atoms with Crippen molar-refractivity contribution in [2.24, 2.45) is 0 Å². The molecular weight excluding hydrogens is 232 g/mol. The molecule has 0 fully saturated rings. The van der Waals surface area contributed by atoms with Crippen molar-refractivity contribution in [2.45, 2.75) is 13.3 Å². The summed E-state index contributed by atoms with van der Waals surface area (Å²) in [4.78, 5) is 25.6.